The van der Waals surface area contributed by atoms with Crippen molar-refractivity contribution in [2.75, 3.05) is 6.61 Å². The average molecular weight is 692 g/mol. The molecule has 0 rings (SSSR count). The Labute approximate surface area is 307 Å². The van der Waals surface area contributed by atoms with Crippen LogP contribution in [-0.4, -0.2) is 34.9 Å². The van der Waals surface area contributed by atoms with Crippen LogP contribution in [0, 0.1) is 0 Å². The monoisotopic (exact) mass is 692 g/mol. The van der Waals surface area contributed by atoms with Gasteiger partial charge in [0, 0.05) is 6.42 Å². The number of unbranched alkanes of at least 4 members (excludes halogenated alkanes) is 34. The third-order valence-electron chi connectivity index (χ3n) is 10.5. The van der Waals surface area contributed by atoms with Crippen LogP contribution in [0.3, 0.4) is 0 Å². The van der Waals surface area contributed by atoms with Gasteiger partial charge in [0.1, 0.15) is 0 Å². The topological polar surface area (TPSA) is 69.6 Å². The van der Waals surface area contributed by atoms with Gasteiger partial charge >= 0.3 is 0 Å². The molecule has 2 unspecified atom stereocenters. The van der Waals surface area contributed by atoms with Gasteiger partial charge in [-0.05, 0) is 19.3 Å². The molecule has 0 aliphatic carbocycles. The predicted molar refractivity (Wildman–Crippen MR) is 216 cm³/mol. The van der Waals surface area contributed by atoms with Gasteiger partial charge in [0.2, 0.25) is 5.91 Å². The largest absolute Gasteiger partial charge is 0.394 e. The molecule has 4 nitrogen and oxygen atoms in total. The summed E-state index contributed by atoms with van der Waals surface area (Å²) in [6, 6.07) is -0.615. The Bertz CT molecular complexity index is 666. The number of nitrogens with one attached hydrogen (secondary N) is 1. The van der Waals surface area contributed by atoms with E-state index in [0.29, 0.717) is 6.42 Å². The summed E-state index contributed by atoms with van der Waals surface area (Å²) in [7, 11) is 0. The van der Waals surface area contributed by atoms with E-state index in [0.717, 1.165) is 25.7 Å². The Kier molecular flexibility index (Phi) is 40.8. The molecule has 0 aliphatic rings. The van der Waals surface area contributed by atoms with Gasteiger partial charge in [0.15, 0.2) is 0 Å². The molecule has 0 aromatic carbocycles. The molecule has 0 heterocycles. The quantitative estimate of drug-likeness (QED) is 0.0441. The first kappa shape index (κ1) is 48.1. The summed E-state index contributed by atoms with van der Waals surface area (Å²) in [6.45, 7) is 4.32. The van der Waals surface area contributed by atoms with Crippen molar-refractivity contribution in [1.82, 2.24) is 5.32 Å². The molecule has 0 aliphatic heterocycles. The number of hydrogen-bond donors (Lipinski definition) is 3. The number of aliphatic hydroxyl groups excluding tert-OH is 2. The molecule has 0 bridgehead atoms. The lowest BCUT2D eigenvalue weighted by atomic mass is 10.0. The summed E-state index contributed by atoms with van der Waals surface area (Å²) in [5.74, 6) is -0.0610. The molecule has 49 heavy (non-hydrogen) atoms. The second kappa shape index (κ2) is 41.5. The van der Waals surface area contributed by atoms with E-state index in [9.17, 15) is 15.0 Å². The number of hydrogen-bond acceptors (Lipinski definition) is 3. The fourth-order valence-corrected chi connectivity index (χ4v) is 7.06. The van der Waals surface area contributed by atoms with Crippen molar-refractivity contribution in [3.63, 3.8) is 0 Å². The molecule has 0 spiro atoms. The lowest BCUT2D eigenvalue weighted by molar-refractivity contribution is -0.123. The van der Waals surface area contributed by atoms with Crippen LogP contribution in [0.15, 0.2) is 12.2 Å². The first-order chi connectivity index (χ1) is 24.2. The summed E-state index contributed by atoms with van der Waals surface area (Å²) >= 11 is 0. The van der Waals surface area contributed by atoms with E-state index in [-0.39, 0.29) is 12.5 Å². The molecule has 3 N–H and O–H groups in total. The molecule has 0 saturated carbocycles. The second-order valence-corrected chi connectivity index (χ2v) is 15.5. The molecular weight excluding hydrogens is 602 g/mol. The lowest BCUT2D eigenvalue weighted by Gasteiger charge is -2.20. The fraction of sp³-hybridized carbons (Fsp3) is 0.933. The maximum Gasteiger partial charge on any atom is 0.220 e. The standard InChI is InChI=1S/C45H89NO3/c1-3-5-7-9-11-13-15-17-18-19-20-21-22-23-24-25-26-27-29-30-32-34-36-38-40-44(48)43(42-47)46-45(49)41-39-37-35-33-31-28-16-14-12-10-8-6-4-2/h38,40,43-44,47-48H,3-37,39,41-42H2,1-2H3,(H,46,49)/b40-38+. The number of aliphatic hydroxyl groups is 2. The minimum Gasteiger partial charge on any atom is -0.394 e. The first-order valence-electron chi connectivity index (χ1n) is 22.4. The normalized spacial score (nSPS) is 13.0. The molecule has 0 aromatic heterocycles. The van der Waals surface area contributed by atoms with Crippen molar-refractivity contribution < 1.29 is 15.0 Å². The molecule has 1 amide bonds. The van der Waals surface area contributed by atoms with Crippen molar-refractivity contribution in [2.45, 2.75) is 264 Å². The zero-order valence-corrected chi connectivity index (χ0v) is 33.5. The Morgan fingerprint density at radius 3 is 1.06 bits per heavy atom. The van der Waals surface area contributed by atoms with Crippen LogP contribution >= 0.6 is 0 Å². The van der Waals surface area contributed by atoms with E-state index in [4.69, 9.17) is 0 Å². The number of allylic oxidation sites excluding steroid dienone is 1. The molecule has 0 saturated heterocycles. The number of rotatable bonds is 41. The molecule has 0 radical (unpaired) electrons. The van der Waals surface area contributed by atoms with Crippen LogP contribution in [-0.2, 0) is 4.79 Å². The molecular formula is C45H89NO3. The highest BCUT2D eigenvalue weighted by Crippen LogP contribution is 2.16. The maximum atomic E-state index is 12.3. The van der Waals surface area contributed by atoms with Gasteiger partial charge in [-0.25, -0.2) is 0 Å². The third-order valence-corrected chi connectivity index (χ3v) is 10.5. The van der Waals surface area contributed by atoms with Gasteiger partial charge in [0.05, 0.1) is 18.8 Å². The van der Waals surface area contributed by atoms with Gasteiger partial charge in [-0.3, -0.25) is 4.79 Å². The number of carbonyl (C=O) groups excluding carboxylic acids is 1. The predicted octanol–water partition coefficient (Wildman–Crippen LogP) is 13.9. The Balaban J connectivity index is 3.49. The van der Waals surface area contributed by atoms with E-state index in [1.807, 2.05) is 6.08 Å². The van der Waals surface area contributed by atoms with Crippen molar-refractivity contribution in [3.8, 4) is 0 Å². The highest BCUT2D eigenvalue weighted by molar-refractivity contribution is 5.76. The SMILES string of the molecule is CCCCCCCCCCCCCCCCCCCCCCCC/C=C/C(O)C(CO)NC(=O)CCCCCCCCCCCCCCC. The highest BCUT2D eigenvalue weighted by atomic mass is 16.3. The van der Waals surface area contributed by atoms with Gasteiger partial charge < -0.3 is 15.5 Å². The van der Waals surface area contributed by atoms with Gasteiger partial charge in [-0.15, -0.1) is 0 Å². The highest BCUT2D eigenvalue weighted by Gasteiger charge is 2.17. The number of carbonyl (C=O) groups is 1. The van der Waals surface area contributed by atoms with Crippen LogP contribution in [0.2, 0.25) is 0 Å². The van der Waals surface area contributed by atoms with E-state index >= 15 is 0 Å². The Morgan fingerprint density at radius 2 is 0.755 bits per heavy atom. The average Bonchev–Trinajstić information content (AvgIpc) is 3.10. The van der Waals surface area contributed by atoms with Crippen molar-refractivity contribution in [3.05, 3.63) is 12.2 Å². The van der Waals surface area contributed by atoms with Gasteiger partial charge in [-0.2, -0.15) is 0 Å². The van der Waals surface area contributed by atoms with Crippen LogP contribution < -0.4 is 5.32 Å². The Morgan fingerprint density at radius 1 is 0.469 bits per heavy atom. The zero-order chi connectivity index (χ0) is 35.7. The fourth-order valence-electron chi connectivity index (χ4n) is 7.06. The van der Waals surface area contributed by atoms with E-state index in [2.05, 4.69) is 19.2 Å². The first-order valence-corrected chi connectivity index (χ1v) is 22.4. The van der Waals surface area contributed by atoms with Gasteiger partial charge in [0.25, 0.3) is 0 Å². The minimum absolute atomic E-state index is 0.0610. The third kappa shape index (κ3) is 38.2. The summed E-state index contributed by atoms with van der Waals surface area (Å²) in [5, 5.41) is 23.0. The molecule has 4 heteroatoms. The zero-order valence-electron chi connectivity index (χ0n) is 33.5. The summed E-state index contributed by atoms with van der Waals surface area (Å²) in [6.07, 6.45) is 51.8. The molecule has 0 aromatic rings. The lowest BCUT2D eigenvalue weighted by Crippen LogP contribution is -2.45. The minimum atomic E-state index is -0.833. The van der Waals surface area contributed by atoms with E-state index in [1.165, 1.54) is 205 Å². The van der Waals surface area contributed by atoms with Crippen molar-refractivity contribution in [2.24, 2.45) is 0 Å². The molecule has 292 valence electrons. The van der Waals surface area contributed by atoms with Crippen LogP contribution in [0.25, 0.3) is 0 Å². The molecule has 0 fully saturated rings. The van der Waals surface area contributed by atoms with Crippen LogP contribution in [0.4, 0.5) is 0 Å². The van der Waals surface area contributed by atoms with Gasteiger partial charge in [-0.1, -0.05) is 238 Å². The Hall–Kier alpha value is -0.870. The maximum absolute atomic E-state index is 12.3. The van der Waals surface area contributed by atoms with E-state index < -0.39 is 12.1 Å². The smallest absolute Gasteiger partial charge is 0.220 e. The summed E-state index contributed by atoms with van der Waals surface area (Å²) in [5.41, 5.74) is 0. The van der Waals surface area contributed by atoms with Crippen LogP contribution in [0.1, 0.15) is 251 Å². The molecule has 2 atom stereocenters. The summed E-state index contributed by atoms with van der Waals surface area (Å²) in [4.78, 5) is 12.3. The van der Waals surface area contributed by atoms with E-state index in [1.54, 1.807) is 6.08 Å². The van der Waals surface area contributed by atoms with Crippen molar-refractivity contribution in [1.29, 1.82) is 0 Å². The van der Waals surface area contributed by atoms with Crippen LogP contribution in [0.5, 0.6) is 0 Å². The second-order valence-electron chi connectivity index (χ2n) is 15.5. The van der Waals surface area contributed by atoms with Crippen molar-refractivity contribution >= 4 is 5.91 Å². The summed E-state index contributed by atoms with van der Waals surface area (Å²) < 4.78 is 0. The number of amides is 1.